The molecule has 2 saturated heterocycles. The van der Waals surface area contributed by atoms with Crippen LogP contribution in [0.3, 0.4) is 0 Å². The van der Waals surface area contributed by atoms with E-state index in [0.717, 1.165) is 19.6 Å². The average Bonchev–Trinajstić information content (AvgIpc) is 3.02. The van der Waals surface area contributed by atoms with Gasteiger partial charge in [-0.05, 0) is 12.5 Å². The first-order valence-electron chi connectivity index (χ1n) is 5.07. The van der Waals surface area contributed by atoms with E-state index in [1.807, 2.05) is 13.0 Å². The van der Waals surface area contributed by atoms with Gasteiger partial charge in [0.15, 0.2) is 0 Å². The first-order chi connectivity index (χ1) is 6.88. The van der Waals surface area contributed by atoms with E-state index in [0.29, 0.717) is 19.2 Å². The van der Waals surface area contributed by atoms with Crippen LogP contribution in [0.25, 0.3) is 0 Å². The van der Waals surface area contributed by atoms with Crippen molar-refractivity contribution in [1.82, 2.24) is 0 Å². The Morgan fingerprint density at radius 1 is 1.21 bits per heavy atom. The Morgan fingerprint density at radius 3 is 2.07 bits per heavy atom. The molecular formula is C10H16O4. The number of hydrogen-bond acceptors (Lipinski definition) is 4. The lowest BCUT2D eigenvalue weighted by Crippen LogP contribution is -2.07. The Balaban J connectivity index is 1.64. The predicted octanol–water partition coefficient (Wildman–Crippen LogP) is 1.07. The molecule has 80 valence electrons. The molecule has 0 aromatic carbocycles. The van der Waals surface area contributed by atoms with Gasteiger partial charge in [0.2, 0.25) is 0 Å². The number of epoxide rings is 2. The van der Waals surface area contributed by atoms with Crippen molar-refractivity contribution in [1.29, 1.82) is 0 Å². The summed E-state index contributed by atoms with van der Waals surface area (Å²) in [4.78, 5) is 0. The summed E-state index contributed by atoms with van der Waals surface area (Å²) < 4.78 is 21.0. The van der Waals surface area contributed by atoms with Crippen LogP contribution in [0.4, 0.5) is 0 Å². The molecule has 14 heavy (non-hydrogen) atoms. The number of rotatable bonds is 7. The van der Waals surface area contributed by atoms with Crippen LogP contribution in [0.1, 0.15) is 13.3 Å². The molecule has 2 aliphatic rings. The van der Waals surface area contributed by atoms with Crippen LogP contribution in [0.5, 0.6) is 0 Å². The van der Waals surface area contributed by atoms with Crippen molar-refractivity contribution in [3.8, 4) is 0 Å². The average molecular weight is 200 g/mol. The van der Waals surface area contributed by atoms with E-state index in [1.165, 1.54) is 0 Å². The molecule has 4 heteroatoms. The lowest BCUT2D eigenvalue weighted by atomic mass is 10.4. The van der Waals surface area contributed by atoms with Crippen LogP contribution in [-0.2, 0) is 18.9 Å². The summed E-state index contributed by atoms with van der Waals surface area (Å²) >= 11 is 0. The standard InChI is InChI=1S/C10H16O4/c1-2-3-10(13-6-8-4-11-8)14-7-9-5-12-9/h3,8-9H,2,4-7H2,1H3. The molecule has 2 unspecified atom stereocenters. The third-order valence-electron chi connectivity index (χ3n) is 2.00. The molecule has 0 aromatic heterocycles. The van der Waals surface area contributed by atoms with Crippen LogP contribution in [0, 0.1) is 0 Å². The molecule has 0 saturated carbocycles. The van der Waals surface area contributed by atoms with Crippen LogP contribution in [0.2, 0.25) is 0 Å². The minimum Gasteiger partial charge on any atom is -0.463 e. The van der Waals surface area contributed by atoms with Crippen molar-refractivity contribution in [2.45, 2.75) is 25.6 Å². The summed E-state index contributed by atoms with van der Waals surface area (Å²) in [6.07, 6.45) is 3.39. The minimum atomic E-state index is 0.274. The molecule has 0 aliphatic carbocycles. The van der Waals surface area contributed by atoms with E-state index in [1.54, 1.807) is 0 Å². The molecule has 0 spiro atoms. The van der Waals surface area contributed by atoms with Gasteiger partial charge in [0.1, 0.15) is 25.4 Å². The number of hydrogen-bond donors (Lipinski definition) is 0. The van der Waals surface area contributed by atoms with Gasteiger partial charge < -0.3 is 18.9 Å². The third-order valence-corrected chi connectivity index (χ3v) is 2.00. The first-order valence-corrected chi connectivity index (χ1v) is 5.07. The Hall–Kier alpha value is -0.740. The van der Waals surface area contributed by atoms with Gasteiger partial charge in [0.05, 0.1) is 13.2 Å². The Bertz CT molecular complexity index is 188. The Kier molecular flexibility index (Phi) is 3.26. The van der Waals surface area contributed by atoms with Gasteiger partial charge in [-0.25, -0.2) is 0 Å². The molecule has 0 bridgehead atoms. The van der Waals surface area contributed by atoms with E-state index < -0.39 is 0 Å². The van der Waals surface area contributed by atoms with Crippen LogP contribution >= 0.6 is 0 Å². The largest absolute Gasteiger partial charge is 0.463 e. The van der Waals surface area contributed by atoms with Crippen molar-refractivity contribution in [3.63, 3.8) is 0 Å². The number of allylic oxidation sites excluding steroid dienone is 1. The second-order valence-electron chi connectivity index (χ2n) is 3.46. The second kappa shape index (κ2) is 4.66. The Morgan fingerprint density at radius 2 is 1.71 bits per heavy atom. The van der Waals surface area contributed by atoms with Crippen LogP contribution in [0.15, 0.2) is 12.0 Å². The molecule has 2 fully saturated rings. The monoisotopic (exact) mass is 200 g/mol. The van der Waals surface area contributed by atoms with Gasteiger partial charge in [0, 0.05) is 0 Å². The zero-order valence-corrected chi connectivity index (χ0v) is 8.40. The van der Waals surface area contributed by atoms with Gasteiger partial charge in [0.25, 0.3) is 5.95 Å². The lowest BCUT2D eigenvalue weighted by Gasteiger charge is -2.09. The highest BCUT2D eigenvalue weighted by Gasteiger charge is 2.25. The maximum atomic E-state index is 5.44. The van der Waals surface area contributed by atoms with Gasteiger partial charge in [-0.15, -0.1) is 0 Å². The Labute approximate surface area is 83.8 Å². The summed E-state index contributed by atoms with van der Waals surface area (Å²) in [7, 11) is 0. The van der Waals surface area contributed by atoms with E-state index >= 15 is 0 Å². The first kappa shape index (κ1) is 9.80. The molecule has 4 nitrogen and oxygen atoms in total. The van der Waals surface area contributed by atoms with E-state index in [9.17, 15) is 0 Å². The van der Waals surface area contributed by atoms with E-state index in [2.05, 4.69) is 0 Å². The maximum absolute atomic E-state index is 5.44. The second-order valence-corrected chi connectivity index (χ2v) is 3.46. The molecule has 0 aromatic rings. The zero-order valence-electron chi connectivity index (χ0n) is 8.40. The van der Waals surface area contributed by atoms with Crippen molar-refractivity contribution in [2.75, 3.05) is 26.4 Å². The summed E-state index contributed by atoms with van der Waals surface area (Å²) in [5.74, 6) is 0.610. The van der Waals surface area contributed by atoms with E-state index in [4.69, 9.17) is 18.9 Å². The number of ether oxygens (including phenoxy) is 4. The third kappa shape index (κ3) is 3.55. The fourth-order valence-electron chi connectivity index (χ4n) is 1.00. The quantitative estimate of drug-likeness (QED) is 0.455. The van der Waals surface area contributed by atoms with Crippen LogP contribution in [-0.4, -0.2) is 38.6 Å². The van der Waals surface area contributed by atoms with Gasteiger partial charge in [-0.3, -0.25) is 0 Å². The molecule has 2 aliphatic heterocycles. The molecular weight excluding hydrogens is 184 g/mol. The van der Waals surface area contributed by atoms with Crippen molar-refractivity contribution in [3.05, 3.63) is 12.0 Å². The highest BCUT2D eigenvalue weighted by atomic mass is 16.7. The molecule has 0 N–H and O–H groups in total. The molecule has 0 radical (unpaired) electrons. The van der Waals surface area contributed by atoms with Crippen molar-refractivity contribution < 1.29 is 18.9 Å². The molecule has 2 rings (SSSR count). The summed E-state index contributed by atoms with van der Waals surface area (Å²) in [5.41, 5.74) is 0. The molecule has 2 heterocycles. The zero-order chi connectivity index (χ0) is 9.80. The summed E-state index contributed by atoms with van der Waals surface area (Å²) in [6, 6.07) is 0. The van der Waals surface area contributed by atoms with Crippen molar-refractivity contribution in [2.24, 2.45) is 0 Å². The fourth-order valence-corrected chi connectivity index (χ4v) is 1.00. The topological polar surface area (TPSA) is 43.5 Å². The molecule has 2 atom stereocenters. The van der Waals surface area contributed by atoms with Crippen molar-refractivity contribution >= 4 is 0 Å². The fraction of sp³-hybridized carbons (Fsp3) is 0.800. The van der Waals surface area contributed by atoms with E-state index in [-0.39, 0.29) is 12.2 Å². The van der Waals surface area contributed by atoms with Crippen LogP contribution < -0.4 is 0 Å². The predicted molar refractivity (Wildman–Crippen MR) is 49.8 cm³/mol. The summed E-state index contributed by atoms with van der Waals surface area (Å²) in [6.45, 7) is 4.86. The lowest BCUT2D eigenvalue weighted by molar-refractivity contribution is 0.0225. The van der Waals surface area contributed by atoms with Gasteiger partial charge in [-0.2, -0.15) is 0 Å². The molecule has 0 amide bonds. The normalized spacial score (nSPS) is 28.1. The SMILES string of the molecule is CCC=C(OCC1CO1)OCC1CO1. The highest BCUT2D eigenvalue weighted by molar-refractivity contribution is 4.85. The maximum Gasteiger partial charge on any atom is 0.275 e. The highest BCUT2D eigenvalue weighted by Crippen LogP contribution is 2.15. The van der Waals surface area contributed by atoms with Gasteiger partial charge >= 0.3 is 0 Å². The smallest absolute Gasteiger partial charge is 0.275 e. The van der Waals surface area contributed by atoms with Gasteiger partial charge in [-0.1, -0.05) is 6.92 Å². The summed E-state index contributed by atoms with van der Waals surface area (Å²) in [5, 5.41) is 0. The minimum absolute atomic E-state index is 0.274.